The molecule has 1 saturated carbocycles. The predicted octanol–water partition coefficient (Wildman–Crippen LogP) is 2.30. The topological polar surface area (TPSA) is 82.3 Å². The normalized spacial score (nSPS) is 18.1. The van der Waals surface area contributed by atoms with Gasteiger partial charge in [0.15, 0.2) is 5.96 Å². The van der Waals surface area contributed by atoms with Crippen LogP contribution < -0.4 is 10.6 Å². The third-order valence-electron chi connectivity index (χ3n) is 5.91. The second-order valence-corrected chi connectivity index (χ2v) is 8.06. The van der Waals surface area contributed by atoms with Crippen molar-refractivity contribution < 1.29 is 13.9 Å². The van der Waals surface area contributed by atoms with Crippen LogP contribution in [0.2, 0.25) is 0 Å². The Bertz CT molecular complexity index is 642. The van der Waals surface area contributed by atoms with Gasteiger partial charge in [0.2, 0.25) is 5.91 Å². The number of ether oxygens (including phenoxy) is 1. The molecule has 0 aromatic carbocycles. The van der Waals surface area contributed by atoms with Gasteiger partial charge in [-0.3, -0.25) is 14.7 Å². The number of aliphatic imine (C=N–C) groups is 1. The van der Waals surface area contributed by atoms with Crippen LogP contribution in [-0.4, -0.2) is 81.1 Å². The molecule has 1 aliphatic carbocycles. The summed E-state index contributed by atoms with van der Waals surface area (Å²) < 4.78 is 10.8. The lowest BCUT2D eigenvalue weighted by Gasteiger charge is -2.36. The first-order valence-electron chi connectivity index (χ1n) is 11.3. The number of furan rings is 1. The monoisotopic (exact) mass is 547 g/mol. The van der Waals surface area contributed by atoms with Crippen LogP contribution in [0.25, 0.3) is 0 Å². The maximum Gasteiger partial charge on any atom is 0.225 e. The smallest absolute Gasteiger partial charge is 0.225 e. The van der Waals surface area contributed by atoms with Crippen molar-refractivity contribution in [2.75, 3.05) is 59.5 Å². The zero-order valence-electron chi connectivity index (χ0n) is 18.7. The molecule has 1 amide bonds. The lowest BCUT2D eigenvalue weighted by molar-refractivity contribution is -0.137. The Kier molecular flexibility index (Phi) is 12.3. The van der Waals surface area contributed by atoms with Crippen LogP contribution in [0.3, 0.4) is 0 Å². The molecule has 3 rings (SSSR count). The fourth-order valence-electron chi connectivity index (χ4n) is 4.12. The highest BCUT2D eigenvalue weighted by atomic mass is 127. The summed E-state index contributed by atoms with van der Waals surface area (Å²) in [6, 6.07) is 3.78. The Balaban J connectivity index is 0.00000341. The van der Waals surface area contributed by atoms with Gasteiger partial charge in [0.1, 0.15) is 12.4 Å². The molecule has 8 nitrogen and oxygen atoms in total. The van der Waals surface area contributed by atoms with Crippen molar-refractivity contribution in [3.63, 3.8) is 0 Å². The van der Waals surface area contributed by atoms with E-state index in [0.717, 1.165) is 76.8 Å². The molecule has 0 unspecified atom stereocenters. The van der Waals surface area contributed by atoms with Crippen molar-refractivity contribution >= 4 is 35.8 Å². The molecule has 9 heteroatoms. The first-order chi connectivity index (χ1) is 14.8. The number of halogens is 1. The lowest BCUT2D eigenvalue weighted by Crippen LogP contribution is -2.51. The fraction of sp³-hybridized carbons (Fsp3) is 0.727. The van der Waals surface area contributed by atoms with Crippen LogP contribution in [0, 0.1) is 5.92 Å². The Morgan fingerprint density at radius 2 is 1.94 bits per heavy atom. The summed E-state index contributed by atoms with van der Waals surface area (Å²) in [5.41, 5.74) is 0. The molecule has 0 atom stereocenters. The number of nitrogens with zero attached hydrogens (tertiary/aromatic N) is 3. The van der Waals surface area contributed by atoms with Crippen molar-refractivity contribution in [2.24, 2.45) is 10.9 Å². The minimum Gasteiger partial charge on any atom is -0.467 e. The number of piperazine rings is 1. The number of hydrogen-bond acceptors (Lipinski definition) is 5. The Morgan fingerprint density at radius 3 is 2.61 bits per heavy atom. The van der Waals surface area contributed by atoms with E-state index < -0.39 is 0 Å². The van der Waals surface area contributed by atoms with Crippen molar-refractivity contribution in [3.8, 4) is 0 Å². The molecule has 0 radical (unpaired) electrons. The second-order valence-electron chi connectivity index (χ2n) is 8.06. The van der Waals surface area contributed by atoms with Crippen molar-refractivity contribution in [1.82, 2.24) is 20.4 Å². The highest BCUT2D eigenvalue weighted by molar-refractivity contribution is 14.0. The van der Waals surface area contributed by atoms with Crippen LogP contribution in [0.4, 0.5) is 0 Å². The second kappa shape index (κ2) is 14.7. The summed E-state index contributed by atoms with van der Waals surface area (Å²) in [6.07, 6.45) is 7.17. The highest BCUT2D eigenvalue weighted by Gasteiger charge is 2.29. The first kappa shape index (κ1) is 25.9. The average molecular weight is 547 g/mol. The minimum absolute atomic E-state index is 0. The Hall–Kier alpha value is -1.33. The lowest BCUT2D eigenvalue weighted by atomic mass is 10.1. The molecule has 2 aliphatic rings. The number of rotatable bonds is 10. The molecular formula is C22H38IN5O3. The van der Waals surface area contributed by atoms with Gasteiger partial charge >= 0.3 is 0 Å². The van der Waals surface area contributed by atoms with E-state index in [4.69, 9.17) is 9.15 Å². The first-order valence-corrected chi connectivity index (χ1v) is 11.3. The molecule has 176 valence electrons. The van der Waals surface area contributed by atoms with Crippen molar-refractivity contribution in [3.05, 3.63) is 24.2 Å². The summed E-state index contributed by atoms with van der Waals surface area (Å²) in [5, 5.41) is 6.69. The summed E-state index contributed by atoms with van der Waals surface area (Å²) in [4.78, 5) is 21.3. The number of carbonyl (C=O) groups excluding carboxylic acids is 1. The van der Waals surface area contributed by atoms with Crippen molar-refractivity contribution in [2.45, 2.75) is 38.7 Å². The molecule has 1 aromatic heterocycles. The van der Waals surface area contributed by atoms with Crippen LogP contribution in [0.15, 0.2) is 27.8 Å². The fourth-order valence-corrected chi connectivity index (χ4v) is 4.12. The zero-order valence-corrected chi connectivity index (χ0v) is 21.0. The van der Waals surface area contributed by atoms with E-state index in [9.17, 15) is 4.79 Å². The van der Waals surface area contributed by atoms with Crippen LogP contribution >= 0.6 is 24.0 Å². The van der Waals surface area contributed by atoms with E-state index in [0.29, 0.717) is 25.0 Å². The number of amides is 1. The molecule has 0 spiro atoms. The Labute approximate surface area is 203 Å². The maximum absolute atomic E-state index is 12.5. The number of hydrogen-bond donors (Lipinski definition) is 2. The van der Waals surface area contributed by atoms with E-state index >= 15 is 0 Å². The van der Waals surface area contributed by atoms with Gasteiger partial charge in [-0.05, 0) is 31.4 Å². The third-order valence-corrected chi connectivity index (χ3v) is 5.91. The predicted molar refractivity (Wildman–Crippen MR) is 133 cm³/mol. The SMILES string of the molecule is CN=C(NCCCOCc1ccco1)NCCN1CCN(C(=O)C2CCCC2)CC1.I. The van der Waals surface area contributed by atoms with E-state index in [1.807, 2.05) is 12.1 Å². The van der Waals surface area contributed by atoms with Gasteiger partial charge in [0.25, 0.3) is 0 Å². The van der Waals surface area contributed by atoms with E-state index in [1.54, 1.807) is 13.3 Å². The number of carbonyl (C=O) groups is 1. The third kappa shape index (κ3) is 8.97. The molecule has 2 fully saturated rings. The molecule has 31 heavy (non-hydrogen) atoms. The summed E-state index contributed by atoms with van der Waals surface area (Å²) in [5.74, 6) is 2.35. The van der Waals surface area contributed by atoms with Gasteiger partial charge in [0.05, 0.1) is 6.26 Å². The van der Waals surface area contributed by atoms with Gasteiger partial charge in [-0.15, -0.1) is 24.0 Å². The largest absolute Gasteiger partial charge is 0.467 e. The molecule has 2 N–H and O–H groups in total. The highest BCUT2D eigenvalue weighted by Crippen LogP contribution is 2.26. The minimum atomic E-state index is 0. The van der Waals surface area contributed by atoms with Crippen LogP contribution in [0.5, 0.6) is 0 Å². The molecule has 1 aromatic rings. The summed E-state index contributed by atoms with van der Waals surface area (Å²) in [7, 11) is 1.79. The van der Waals surface area contributed by atoms with Crippen LogP contribution in [0.1, 0.15) is 37.9 Å². The summed E-state index contributed by atoms with van der Waals surface area (Å²) >= 11 is 0. The van der Waals surface area contributed by atoms with Gasteiger partial charge in [-0.2, -0.15) is 0 Å². The van der Waals surface area contributed by atoms with Gasteiger partial charge < -0.3 is 24.7 Å². The van der Waals surface area contributed by atoms with Crippen molar-refractivity contribution in [1.29, 1.82) is 0 Å². The zero-order chi connectivity index (χ0) is 21.0. The number of nitrogens with one attached hydrogen (secondary N) is 2. The average Bonchev–Trinajstić information content (AvgIpc) is 3.49. The molecular weight excluding hydrogens is 509 g/mol. The molecule has 1 aliphatic heterocycles. The van der Waals surface area contributed by atoms with E-state index in [-0.39, 0.29) is 24.0 Å². The van der Waals surface area contributed by atoms with Crippen LogP contribution in [-0.2, 0) is 16.1 Å². The molecule has 2 heterocycles. The summed E-state index contributed by atoms with van der Waals surface area (Å²) in [6.45, 7) is 7.43. The molecule has 1 saturated heterocycles. The standard InChI is InChI=1S/C22H37N5O3.HI/c1-23-22(24-9-5-16-29-18-20-8-4-17-30-20)25-10-11-26-12-14-27(15-13-26)21(28)19-6-2-3-7-19;/h4,8,17,19H,2-3,5-7,9-16,18H2,1H3,(H2,23,24,25);1H. The molecule has 0 bridgehead atoms. The van der Waals surface area contributed by atoms with E-state index in [2.05, 4.69) is 25.4 Å². The quantitative estimate of drug-likeness (QED) is 0.203. The van der Waals surface area contributed by atoms with Gasteiger partial charge in [0, 0.05) is 65.4 Å². The van der Waals surface area contributed by atoms with E-state index in [1.165, 1.54) is 12.8 Å². The van der Waals surface area contributed by atoms with Gasteiger partial charge in [-0.25, -0.2) is 0 Å². The Morgan fingerprint density at radius 1 is 1.19 bits per heavy atom. The van der Waals surface area contributed by atoms with Gasteiger partial charge in [-0.1, -0.05) is 12.8 Å². The number of guanidine groups is 1. The maximum atomic E-state index is 12.5.